The molecule has 3 aliphatic heterocycles. The van der Waals surface area contributed by atoms with E-state index in [2.05, 4.69) is 144 Å². The molecule has 0 aliphatic carbocycles. The minimum Gasteiger partial charge on any atom is -0.310 e. The molecule has 182 valence electrons. The van der Waals surface area contributed by atoms with Crippen LogP contribution in [-0.4, -0.2) is 8.07 Å². The largest absolute Gasteiger partial charge is 0.310 e. The standard InChI is InChI=1S/C37H25NSi/c1-6-16-32-25(11-1)23-26-12-2-7-17-33(26)38(32)27-21-22-31-30-15-5-10-20-36(30)39(37(31)24-27)34-18-8-3-13-28(34)29-14-4-9-19-35(29)39/h1-22,24H,23H2. The summed E-state index contributed by atoms with van der Waals surface area (Å²) in [6, 6.07) is 52.6. The summed E-state index contributed by atoms with van der Waals surface area (Å²) >= 11 is 0. The van der Waals surface area contributed by atoms with Crippen LogP contribution >= 0.6 is 0 Å². The first-order chi connectivity index (χ1) is 19.4. The second-order valence-corrected chi connectivity index (χ2v) is 14.5. The van der Waals surface area contributed by atoms with Crippen molar-refractivity contribution in [1.82, 2.24) is 0 Å². The number of benzene rings is 6. The predicted octanol–water partition coefficient (Wildman–Crippen LogP) is 6.40. The summed E-state index contributed by atoms with van der Waals surface area (Å²) in [5.41, 5.74) is 12.2. The third kappa shape index (κ3) is 2.64. The van der Waals surface area contributed by atoms with Crippen LogP contribution in [0.15, 0.2) is 140 Å². The van der Waals surface area contributed by atoms with Gasteiger partial charge in [-0.1, -0.05) is 115 Å². The van der Waals surface area contributed by atoms with Crippen LogP contribution in [0.5, 0.6) is 0 Å². The molecule has 0 amide bonds. The Labute approximate surface area is 229 Å². The molecular weight excluding hydrogens is 487 g/mol. The van der Waals surface area contributed by atoms with Gasteiger partial charge in [-0.05, 0) is 78.4 Å². The normalized spacial score (nSPS) is 14.7. The number of hydrogen-bond donors (Lipinski definition) is 0. The summed E-state index contributed by atoms with van der Waals surface area (Å²) in [5, 5.41) is 6.08. The van der Waals surface area contributed by atoms with Gasteiger partial charge < -0.3 is 4.90 Å². The Morgan fingerprint density at radius 1 is 0.410 bits per heavy atom. The highest BCUT2D eigenvalue weighted by Gasteiger charge is 2.53. The quantitative estimate of drug-likeness (QED) is 0.231. The highest BCUT2D eigenvalue weighted by atomic mass is 28.3. The zero-order chi connectivity index (χ0) is 25.6. The molecule has 0 bridgehead atoms. The van der Waals surface area contributed by atoms with Gasteiger partial charge in [0.25, 0.3) is 0 Å². The zero-order valence-corrected chi connectivity index (χ0v) is 22.4. The molecule has 6 aromatic rings. The molecule has 0 N–H and O–H groups in total. The fraction of sp³-hybridized carbons (Fsp3) is 0.0270. The van der Waals surface area contributed by atoms with Crippen molar-refractivity contribution in [3.63, 3.8) is 0 Å². The Kier molecular flexibility index (Phi) is 4.20. The van der Waals surface area contributed by atoms with Gasteiger partial charge in [0.2, 0.25) is 0 Å². The maximum atomic E-state index is 2.54. The van der Waals surface area contributed by atoms with E-state index < -0.39 is 8.07 Å². The number of rotatable bonds is 1. The van der Waals surface area contributed by atoms with Crippen molar-refractivity contribution in [2.24, 2.45) is 0 Å². The second-order valence-electron chi connectivity index (χ2n) is 10.9. The van der Waals surface area contributed by atoms with E-state index in [1.165, 1.54) is 71.2 Å². The van der Waals surface area contributed by atoms with Gasteiger partial charge in [-0.2, -0.15) is 0 Å². The highest BCUT2D eigenvalue weighted by molar-refractivity contribution is 7.24. The van der Waals surface area contributed by atoms with Crippen molar-refractivity contribution in [2.45, 2.75) is 6.42 Å². The fourth-order valence-corrected chi connectivity index (χ4v) is 13.2. The minimum atomic E-state index is -2.46. The number of nitrogens with zero attached hydrogens (tertiary/aromatic N) is 1. The highest BCUT2D eigenvalue weighted by Crippen LogP contribution is 2.45. The summed E-state index contributed by atoms with van der Waals surface area (Å²) < 4.78 is 0. The van der Waals surface area contributed by atoms with E-state index >= 15 is 0 Å². The van der Waals surface area contributed by atoms with Gasteiger partial charge in [0.05, 0.1) is 0 Å². The predicted molar refractivity (Wildman–Crippen MR) is 166 cm³/mol. The number of anilines is 3. The van der Waals surface area contributed by atoms with E-state index in [0.717, 1.165) is 6.42 Å². The molecule has 1 spiro atoms. The SMILES string of the molecule is c1ccc2c(c1)Cc1ccccc1N2c1ccc2c(c1)[Si]1(c3ccccc3-c3ccccc31)c1ccccc1-2. The lowest BCUT2D eigenvalue weighted by Gasteiger charge is -2.34. The molecule has 0 saturated heterocycles. The molecule has 3 aliphatic rings. The van der Waals surface area contributed by atoms with Gasteiger partial charge in [0.1, 0.15) is 0 Å². The Morgan fingerprint density at radius 2 is 0.846 bits per heavy atom. The van der Waals surface area contributed by atoms with Crippen molar-refractivity contribution in [2.75, 3.05) is 4.90 Å². The zero-order valence-electron chi connectivity index (χ0n) is 21.4. The van der Waals surface area contributed by atoms with Crippen molar-refractivity contribution in [1.29, 1.82) is 0 Å². The van der Waals surface area contributed by atoms with E-state index in [0.29, 0.717) is 0 Å². The third-order valence-electron chi connectivity index (χ3n) is 9.08. The maximum absolute atomic E-state index is 2.54. The van der Waals surface area contributed by atoms with Crippen molar-refractivity contribution >= 4 is 45.9 Å². The minimum absolute atomic E-state index is 0.971. The van der Waals surface area contributed by atoms with Gasteiger partial charge in [0, 0.05) is 23.5 Å². The first kappa shape index (κ1) is 21.3. The molecule has 0 radical (unpaired) electrons. The first-order valence-corrected chi connectivity index (χ1v) is 15.8. The van der Waals surface area contributed by atoms with Gasteiger partial charge >= 0.3 is 0 Å². The molecule has 39 heavy (non-hydrogen) atoms. The molecule has 9 rings (SSSR count). The van der Waals surface area contributed by atoms with Crippen LogP contribution in [0.25, 0.3) is 22.3 Å². The molecule has 3 heterocycles. The van der Waals surface area contributed by atoms with Crippen molar-refractivity contribution < 1.29 is 0 Å². The van der Waals surface area contributed by atoms with E-state index in [1.807, 2.05) is 0 Å². The second kappa shape index (κ2) is 7.69. The lowest BCUT2D eigenvalue weighted by molar-refractivity contribution is 1.09. The number of hydrogen-bond acceptors (Lipinski definition) is 1. The van der Waals surface area contributed by atoms with E-state index in [1.54, 1.807) is 0 Å². The molecule has 6 aromatic carbocycles. The molecule has 1 nitrogen and oxygen atoms in total. The van der Waals surface area contributed by atoms with E-state index in [9.17, 15) is 0 Å². The average Bonchev–Trinajstić information content (AvgIpc) is 3.47. The van der Waals surface area contributed by atoms with Crippen molar-refractivity contribution in [3.05, 3.63) is 151 Å². The summed E-state index contributed by atoms with van der Waals surface area (Å²) in [6.07, 6.45) is 0.971. The van der Waals surface area contributed by atoms with Gasteiger partial charge in [0.15, 0.2) is 8.07 Å². The summed E-state index contributed by atoms with van der Waals surface area (Å²) in [7, 11) is -2.46. The fourth-order valence-electron chi connectivity index (χ4n) is 7.59. The molecule has 0 saturated carbocycles. The smallest absolute Gasteiger partial charge is 0.182 e. The number of fused-ring (bicyclic) bond motifs is 12. The molecule has 0 fully saturated rings. The van der Waals surface area contributed by atoms with Crippen molar-refractivity contribution in [3.8, 4) is 22.3 Å². The number of para-hydroxylation sites is 2. The van der Waals surface area contributed by atoms with Gasteiger partial charge in [-0.15, -0.1) is 0 Å². The summed E-state index contributed by atoms with van der Waals surface area (Å²) in [6.45, 7) is 0. The Bertz CT molecular complexity index is 1860. The average molecular weight is 512 g/mol. The lowest BCUT2D eigenvalue weighted by Crippen LogP contribution is -2.70. The summed E-state index contributed by atoms with van der Waals surface area (Å²) in [4.78, 5) is 2.49. The Hall–Kier alpha value is -4.66. The van der Waals surface area contributed by atoms with Crippen LogP contribution in [0.2, 0.25) is 0 Å². The lowest BCUT2D eigenvalue weighted by atomic mass is 9.95. The molecular formula is C37H25NSi. The Morgan fingerprint density at radius 3 is 1.38 bits per heavy atom. The topological polar surface area (TPSA) is 3.24 Å². The van der Waals surface area contributed by atoms with Crippen LogP contribution in [0.1, 0.15) is 11.1 Å². The first-order valence-electron chi connectivity index (χ1n) is 13.8. The third-order valence-corrected chi connectivity index (χ3v) is 14.0. The van der Waals surface area contributed by atoms with E-state index in [-0.39, 0.29) is 0 Å². The van der Waals surface area contributed by atoms with Gasteiger partial charge in [-0.25, -0.2) is 0 Å². The molecule has 2 heteroatoms. The summed E-state index contributed by atoms with van der Waals surface area (Å²) in [5.74, 6) is 0. The molecule has 0 aromatic heterocycles. The Balaban J connectivity index is 1.37. The van der Waals surface area contributed by atoms with Gasteiger partial charge in [-0.3, -0.25) is 0 Å². The van der Waals surface area contributed by atoms with Crippen LogP contribution < -0.4 is 25.6 Å². The maximum Gasteiger partial charge on any atom is 0.182 e. The van der Waals surface area contributed by atoms with Crippen LogP contribution in [0, 0.1) is 0 Å². The van der Waals surface area contributed by atoms with E-state index in [4.69, 9.17) is 0 Å². The monoisotopic (exact) mass is 511 g/mol. The molecule has 0 atom stereocenters. The molecule has 0 unspecified atom stereocenters. The van der Waals surface area contributed by atoms with Crippen LogP contribution in [0.4, 0.5) is 17.1 Å². The van der Waals surface area contributed by atoms with Crippen LogP contribution in [-0.2, 0) is 6.42 Å². The van der Waals surface area contributed by atoms with Crippen LogP contribution in [0.3, 0.4) is 0 Å².